The highest BCUT2D eigenvalue weighted by Crippen LogP contribution is 2.16. The molecule has 11 heteroatoms. The molecule has 0 spiro atoms. The minimum atomic E-state index is -1.19. The number of alkyl carbamates (subject to hydrolysis) is 1. The fourth-order valence-electron chi connectivity index (χ4n) is 3.06. The number of carboxylic acids is 1. The zero-order valence-corrected chi connectivity index (χ0v) is 18.6. The first-order chi connectivity index (χ1) is 16.2. The molecule has 1 aliphatic rings. The maximum absolute atomic E-state index is 12.6. The summed E-state index contributed by atoms with van der Waals surface area (Å²) in [7, 11) is 0. The number of aliphatic carboxylic acids is 1. The number of nitrogens with zero attached hydrogens (tertiary/aromatic N) is 1. The lowest BCUT2D eigenvalue weighted by Gasteiger charge is -2.16. The van der Waals surface area contributed by atoms with Crippen LogP contribution in [0.3, 0.4) is 0 Å². The average Bonchev–Trinajstić information content (AvgIpc) is 3.18. The first kappa shape index (κ1) is 24.2. The summed E-state index contributed by atoms with van der Waals surface area (Å²) < 4.78 is 4.93. The Kier molecular flexibility index (Phi) is 7.80. The third kappa shape index (κ3) is 7.05. The molecule has 1 unspecified atom stereocenters. The molecule has 0 saturated heterocycles. The number of aliphatic imine (C=N–C) groups is 1. The Morgan fingerprint density at radius 1 is 1.12 bits per heavy atom. The van der Waals surface area contributed by atoms with Crippen LogP contribution in [0.25, 0.3) is 0 Å². The second-order valence-corrected chi connectivity index (χ2v) is 7.76. The van der Waals surface area contributed by atoms with E-state index in [2.05, 4.69) is 26.3 Å². The molecule has 11 nitrogen and oxygen atoms in total. The van der Waals surface area contributed by atoms with Crippen molar-refractivity contribution in [1.29, 1.82) is 0 Å². The summed E-state index contributed by atoms with van der Waals surface area (Å²) in [5, 5.41) is 20.0. The molecule has 0 fully saturated rings. The van der Waals surface area contributed by atoms with E-state index in [1.807, 2.05) is 0 Å². The number of nitrogens with one attached hydrogen (secondary N) is 4. The minimum absolute atomic E-state index is 0.0465. The van der Waals surface area contributed by atoms with Crippen molar-refractivity contribution in [3.05, 3.63) is 59.7 Å². The Balaban J connectivity index is 1.59. The number of guanidine groups is 1. The van der Waals surface area contributed by atoms with Crippen molar-refractivity contribution in [3.63, 3.8) is 0 Å². The van der Waals surface area contributed by atoms with E-state index >= 15 is 0 Å². The van der Waals surface area contributed by atoms with E-state index in [-0.39, 0.29) is 30.9 Å². The fourth-order valence-corrected chi connectivity index (χ4v) is 3.06. The zero-order valence-electron chi connectivity index (χ0n) is 18.6. The number of hydrogen-bond donors (Lipinski definition) is 5. The lowest BCUT2D eigenvalue weighted by molar-refractivity contribution is -0.139. The lowest BCUT2D eigenvalue weighted by Crippen LogP contribution is -2.43. The van der Waals surface area contributed by atoms with Crippen molar-refractivity contribution in [3.8, 4) is 0 Å². The van der Waals surface area contributed by atoms with Crippen LogP contribution in [0.1, 0.15) is 29.8 Å². The number of anilines is 2. The van der Waals surface area contributed by atoms with Gasteiger partial charge in [-0.2, -0.15) is 0 Å². The van der Waals surface area contributed by atoms with E-state index < -0.39 is 18.1 Å². The summed E-state index contributed by atoms with van der Waals surface area (Å²) in [6.07, 6.45) is -1.12. The molecule has 3 rings (SSSR count). The van der Waals surface area contributed by atoms with Crippen LogP contribution >= 0.6 is 0 Å². The van der Waals surface area contributed by atoms with Gasteiger partial charge in [-0.05, 0) is 49.7 Å². The number of carbonyl (C=O) groups is 4. The van der Waals surface area contributed by atoms with Gasteiger partial charge in [-0.25, -0.2) is 14.6 Å². The Morgan fingerprint density at radius 2 is 1.85 bits per heavy atom. The Morgan fingerprint density at radius 3 is 2.47 bits per heavy atom. The molecular weight excluding hydrogens is 442 g/mol. The Bertz CT molecular complexity index is 1110. The Hall–Kier alpha value is -4.41. The van der Waals surface area contributed by atoms with Crippen molar-refractivity contribution in [2.75, 3.05) is 17.2 Å². The molecule has 34 heavy (non-hydrogen) atoms. The molecule has 0 saturated carbocycles. The first-order valence-corrected chi connectivity index (χ1v) is 10.5. The van der Waals surface area contributed by atoms with Gasteiger partial charge < -0.3 is 25.8 Å². The first-order valence-electron chi connectivity index (χ1n) is 10.5. The molecule has 0 aromatic heterocycles. The van der Waals surface area contributed by atoms with Gasteiger partial charge in [-0.3, -0.25) is 14.9 Å². The monoisotopic (exact) mass is 467 g/mol. The molecule has 3 amide bonds. The predicted molar refractivity (Wildman–Crippen MR) is 125 cm³/mol. The predicted octanol–water partition coefficient (Wildman–Crippen LogP) is 1.97. The van der Waals surface area contributed by atoms with E-state index in [0.717, 1.165) is 0 Å². The summed E-state index contributed by atoms with van der Waals surface area (Å²) in [5.41, 5.74) is 2.14. The van der Waals surface area contributed by atoms with E-state index in [1.165, 1.54) is 0 Å². The molecule has 178 valence electrons. The van der Waals surface area contributed by atoms with Crippen LogP contribution in [0.2, 0.25) is 0 Å². The van der Waals surface area contributed by atoms with Crippen LogP contribution in [-0.4, -0.2) is 53.6 Å². The van der Waals surface area contributed by atoms with E-state index in [0.29, 0.717) is 28.5 Å². The number of carboxylic acid groups (broad SMARTS) is 1. The van der Waals surface area contributed by atoms with Crippen molar-refractivity contribution in [2.24, 2.45) is 4.99 Å². The maximum atomic E-state index is 12.6. The third-order valence-corrected chi connectivity index (χ3v) is 4.61. The van der Waals surface area contributed by atoms with Crippen molar-refractivity contribution < 1.29 is 29.0 Å². The van der Waals surface area contributed by atoms with Gasteiger partial charge in [0.05, 0.1) is 6.10 Å². The summed E-state index contributed by atoms with van der Waals surface area (Å²) in [6.45, 7) is 3.39. The van der Waals surface area contributed by atoms with Crippen LogP contribution < -0.4 is 21.3 Å². The van der Waals surface area contributed by atoms with Gasteiger partial charge in [0.2, 0.25) is 11.9 Å². The molecule has 1 heterocycles. The van der Waals surface area contributed by atoms with Gasteiger partial charge >= 0.3 is 12.1 Å². The number of carbonyl (C=O) groups excluding carboxylic acids is 3. The summed E-state index contributed by atoms with van der Waals surface area (Å²) >= 11 is 0. The zero-order chi connectivity index (χ0) is 24.7. The molecule has 5 N–H and O–H groups in total. The number of ether oxygens (including phenoxy) is 1. The van der Waals surface area contributed by atoms with Gasteiger partial charge in [0, 0.05) is 23.4 Å². The molecule has 0 radical (unpaired) electrons. The van der Waals surface area contributed by atoms with Crippen molar-refractivity contribution in [1.82, 2.24) is 10.6 Å². The lowest BCUT2D eigenvalue weighted by atomic mass is 10.1. The summed E-state index contributed by atoms with van der Waals surface area (Å²) in [6, 6.07) is 12.2. The number of benzene rings is 2. The Labute approximate surface area is 195 Å². The highest BCUT2D eigenvalue weighted by atomic mass is 16.6. The van der Waals surface area contributed by atoms with Gasteiger partial charge in [-0.15, -0.1) is 0 Å². The summed E-state index contributed by atoms with van der Waals surface area (Å²) in [5.74, 6) is -1.42. The van der Waals surface area contributed by atoms with Crippen LogP contribution in [-0.2, 0) is 20.7 Å². The quantitative estimate of drug-likeness (QED) is 0.397. The minimum Gasteiger partial charge on any atom is -0.480 e. The van der Waals surface area contributed by atoms with Crippen LogP contribution in [0.4, 0.5) is 16.2 Å². The SMILES string of the molecule is CC(C)OC(=O)NC(Cc1ccc(NC(=O)c2cccc(NC3=NCC(=O)N3)c2)cc1)C(=O)O. The molecule has 0 aliphatic carbocycles. The highest BCUT2D eigenvalue weighted by Gasteiger charge is 2.22. The standard InChI is InChI=1S/C23H25N5O6/c1-13(2)34-23(33)27-18(21(31)32)10-14-6-8-16(9-7-14)25-20(30)15-4-3-5-17(11-15)26-22-24-12-19(29)28-22/h3-9,11,13,18H,10,12H2,1-2H3,(H,25,30)(H,27,33)(H,31,32)(H2,24,26,28,29). The number of amides is 3. The highest BCUT2D eigenvalue weighted by molar-refractivity contribution is 6.10. The molecule has 1 aliphatic heterocycles. The fraction of sp³-hybridized carbons (Fsp3) is 0.261. The van der Waals surface area contributed by atoms with Gasteiger partial charge in [0.25, 0.3) is 5.91 Å². The van der Waals surface area contributed by atoms with Crippen LogP contribution in [0.15, 0.2) is 53.5 Å². The van der Waals surface area contributed by atoms with Gasteiger partial charge in [0.1, 0.15) is 12.6 Å². The van der Waals surface area contributed by atoms with Crippen molar-refractivity contribution in [2.45, 2.75) is 32.4 Å². The van der Waals surface area contributed by atoms with Crippen LogP contribution in [0, 0.1) is 0 Å². The smallest absolute Gasteiger partial charge is 0.408 e. The molecule has 0 bridgehead atoms. The number of rotatable bonds is 8. The van der Waals surface area contributed by atoms with Crippen molar-refractivity contribution >= 4 is 41.2 Å². The van der Waals surface area contributed by atoms with Gasteiger partial charge in [-0.1, -0.05) is 18.2 Å². The van der Waals surface area contributed by atoms with Gasteiger partial charge in [0.15, 0.2) is 0 Å². The number of hydrogen-bond acceptors (Lipinski definition) is 7. The van der Waals surface area contributed by atoms with E-state index in [1.54, 1.807) is 62.4 Å². The van der Waals surface area contributed by atoms with E-state index in [4.69, 9.17) is 4.74 Å². The maximum Gasteiger partial charge on any atom is 0.408 e. The third-order valence-electron chi connectivity index (χ3n) is 4.61. The molecule has 2 aromatic rings. The molecule has 2 aromatic carbocycles. The summed E-state index contributed by atoms with van der Waals surface area (Å²) in [4.78, 5) is 51.1. The second kappa shape index (κ2) is 10.9. The average molecular weight is 467 g/mol. The normalized spacial score (nSPS) is 13.5. The van der Waals surface area contributed by atoms with E-state index in [9.17, 15) is 24.3 Å². The molecular formula is C23H25N5O6. The largest absolute Gasteiger partial charge is 0.480 e. The molecule has 1 atom stereocenters. The topological polar surface area (TPSA) is 158 Å². The van der Waals surface area contributed by atoms with Crippen LogP contribution in [0.5, 0.6) is 0 Å². The second-order valence-electron chi connectivity index (χ2n) is 7.76.